The molecule has 3 aromatic rings. The lowest BCUT2D eigenvalue weighted by Crippen LogP contribution is -2.48. The summed E-state index contributed by atoms with van der Waals surface area (Å²) in [6.07, 6.45) is 5.21. The van der Waals surface area contributed by atoms with E-state index in [1.807, 2.05) is 18.2 Å². The molecule has 1 N–H and O–H groups in total. The quantitative estimate of drug-likeness (QED) is 0.743. The number of hydrogen-bond donors (Lipinski definition) is 1. The summed E-state index contributed by atoms with van der Waals surface area (Å²) in [5.41, 5.74) is 2.04. The molecule has 1 atom stereocenters. The fourth-order valence-corrected chi connectivity index (χ4v) is 3.79. The molecular formula is C20H17FN6O. The molecule has 0 spiro atoms. The summed E-state index contributed by atoms with van der Waals surface area (Å²) < 4.78 is 13.6. The van der Waals surface area contributed by atoms with Crippen molar-refractivity contribution in [3.05, 3.63) is 60.8 Å². The Bertz CT molecular complexity index is 1040. The first-order valence-electron chi connectivity index (χ1n) is 9.07. The van der Waals surface area contributed by atoms with Crippen LogP contribution in [0.5, 0.6) is 0 Å². The molecule has 0 saturated carbocycles. The highest BCUT2D eigenvalue weighted by Crippen LogP contribution is 2.40. The molecule has 5 rings (SSSR count). The molecule has 0 radical (unpaired) electrons. The summed E-state index contributed by atoms with van der Waals surface area (Å²) in [6.45, 7) is 1.64. The van der Waals surface area contributed by atoms with Gasteiger partial charge in [0.05, 0.1) is 23.6 Å². The van der Waals surface area contributed by atoms with Gasteiger partial charge in [0.2, 0.25) is 0 Å². The van der Waals surface area contributed by atoms with E-state index < -0.39 is 5.82 Å². The average Bonchev–Trinajstić information content (AvgIpc) is 3.13. The number of hydrogen-bond acceptors (Lipinski definition) is 5. The molecule has 1 saturated heterocycles. The van der Waals surface area contributed by atoms with Gasteiger partial charge in [-0.05, 0) is 36.8 Å². The van der Waals surface area contributed by atoms with Crippen LogP contribution in [0.1, 0.15) is 6.42 Å². The van der Waals surface area contributed by atoms with E-state index in [9.17, 15) is 9.18 Å². The first-order chi connectivity index (χ1) is 13.7. The van der Waals surface area contributed by atoms with E-state index >= 15 is 0 Å². The largest absolute Gasteiger partial charge is 0.366 e. The van der Waals surface area contributed by atoms with Crippen LogP contribution in [0, 0.1) is 5.82 Å². The summed E-state index contributed by atoms with van der Waals surface area (Å²) in [5.74, 6) is 0.634. The van der Waals surface area contributed by atoms with E-state index in [1.54, 1.807) is 29.4 Å². The van der Waals surface area contributed by atoms with Gasteiger partial charge in [0.25, 0.3) is 0 Å². The number of pyridine rings is 3. The van der Waals surface area contributed by atoms with E-state index in [0.717, 1.165) is 31.4 Å². The van der Waals surface area contributed by atoms with E-state index in [4.69, 9.17) is 4.98 Å². The molecule has 2 bridgehead atoms. The number of carbonyl (C=O) groups is 1. The molecule has 8 heteroatoms. The van der Waals surface area contributed by atoms with Crippen LogP contribution >= 0.6 is 0 Å². The summed E-state index contributed by atoms with van der Waals surface area (Å²) in [6, 6.07) is 10.3. The normalized spacial score (nSPS) is 17.4. The zero-order valence-electron chi connectivity index (χ0n) is 14.9. The molecule has 1 fully saturated rings. The Kier molecular flexibility index (Phi) is 3.89. The number of carbonyl (C=O) groups excluding carboxylic acids is 1. The number of urea groups is 1. The Labute approximate surface area is 160 Å². The van der Waals surface area contributed by atoms with Gasteiger partial charge in [-0.15, -0.1) is 0 Å². The van der Waals surface area contributed by atoms with Gasteiger partial charge in [-0.2, -0.15) is 0 Å². The molecule has 2 amide bonds. The lowest BCUT2D eigenvalue weighted by molar-refractivity contribution is 0.254. The monoisotopic (exact) mass is 376 g/mol. The smallest absolute Gasteiger partial charge is 0.329 e. The molecule has 0 unspecified atom stereocenters. The van der Waals surface area contributed by atoms with Crippen molar-refractivity contribution in [2.24, 2.45) is 0 Å². The van der Waals surface area contributed by atoms with Gasteiger partial charge in [-0.3, -0.25) is 15.2 Å². The number of nitrogens with one attached hydrogen (secondary N) is 1. The highest BCUT2D eigenvalue weighted by Gasteiger charge is 2.40. The van der Waals surface area contributed by atoms with E-state index in [0.29, 0.717) is 22.9 Å². The Morgan fingerprint density at radius 3 is 2.96 bits per heavy atom. The topological polar surface area (TPSA) is 74.2 Å². The van der Waals surface area contributed by atoms with Crippen LogP contribution in [-0.4, -0.2) is 40.1 Å². The van der Waals surface area contributed by atoms with Gasteiger partial charge in [0.1, 0.15) is 11.6 Å². The van der Waals surface area contributed by atoms with Crippen molar-refractivity contribution in [3.63, 3.8) is 0 Å². The highest BCUT2D eigenvalue weighted by atomic mass is 19.1. The number of amides is 2. The molecule has 2 aliphatic rings. The lowest BCUT2D eigenvalue weighted by atomic mass is 10.1. The van der Waals surface area contributed by atoms with Crippen LogP contribution in [0.2, 0.25) is 0 Å². The Morgan fingerprint density at radius 2 is 2.14 bits per heavy atom. The third-order valence-electron chi connectivity index (χ3n) is 5.07. The van der Waals surface area contributed by atoms with Crippen molar-refractivity contribution in [3.8, 4) is 11.3 Å². The standard InChI is InChI=1S/C20H17FN6O/c21-14-9-13(10-22-11-14)16-4-5-17-19(24-16)27(15-6-8-26(17)12-15)20(28)25-18-3-1-2-7-23-18/h1-5,7,9-11,15H,6,8,12H2,(H,23,25,28)/t15-/m0/s1. The van der Waals surface area contributed by atoms with Gasteiger partial charge in [-0.1, -0.05) is 6.07 Å². The number of rotatable bonds is 2. The third-order valence-corrected chi connectivity index (χ3v) is 5.07. The van der Waals surface area contributed by atoms with Crippen molar-refractivity contribution in [1.29, 1.82) is 0 Å². The molecule has 3 aromatic heterocycles. The predicted molar refractivity (Wildman–Crippen MR) is 104 cm³/mol. The summed E-state index contributed by atoms with van der Waals surface area (Å²) in [5, 5.41) is 2.85. The third kappa shape index (κ3) is 2.83. The first kappa shape index (κ1) is 16.6. The van der Waals surface area contributed by atoms with E-state index in [2.05, 4.69) is 20.2 Å². The van der Waals surface area contributed by atoms with Crippen molar-refractivity contribution >= 4 is 23.4 Å². The van der Waals surface area contributed by atoms with Crippen LogP contribution in [0.15, 0.2) is 55.0 Å². The van der Waals surface area contributed by atoms with Crippen LogP contribution in [0.3, 0.4) is 0 Å². The van der Waals surface area contributed by atoms with Crippen LogP contribution in [0.4, 0.5) is 26.5 Å². The van der Waals surface area contributed by atoms with E-state index in [1.165, 1.54) is 6.07 Å². The average molecular weight is 376 g/mol. The number of fused-ring (bicyclic) bond motifs is 4. The molecule has 5 heterocycles. The molecule has 140 valence electrons. The summed E-state index contributed by atoms with van der Waals surface area (Å²) >= 11 is 0. The fourth-order valence-electron chi connectivity index (χ4n) is 3.79. The summed E-state index contributed by atoms with van der Waals surface area (Å²) in [7, 11) is 0. The lowest BCUT2D eigenvalue weighted by Gasteiger charge is -2.35. The van der Waals surface area contributed by atoms with Crippen molar-refractivity contribution < 1.29 is 9.18 Å². The Hall–Kier alpha value is -3.55. The SMILES string of the molecule is O=C(Nc1ccccn1)N1c2nc(-c3cncc(F)c3)ccc2N2CC[C@H]1C2. The molecule has 0 aliphatic carbocycles. The van der Waals surface area contributed by atoms with Crippen LogP contribution < -0.4 is 15.1 Å². The van der Waals surface area contributed by atoms with Crippen molar-refractivity contribution in [2.75, 3.05) is 28.2 Å². The number of aromatic nitrogens is 3. The molecule has 28 heavy (non-hydrogen) atoms. The van der Waals surface area contributed by atoms with E-state index in [-0.39, 0.29) is 12.1 Å². The number of nitrogens with zero attached hydrogens (tertiary/aromatic N) is 5. The highest BCUT2D eigenvalue weighted by molar-refractivity contribution is 6.04. The van der Waals surface area contributed by atoms with Gasteiger partial charge in [0, 0.05) is 31.0 Å². The zero-order chi connectivity index (χ0) is 19.1. The van der Waals surface area contributed by atoms with Crippen LogP contribution in [-0.2, 0) is 0 Å². The summed E-state index contributed by atoms with van der Waals surface area (Å²) in [4.78, 5) is 29.8. The minimum absolute atomic E-state index is 0.0320. The maximum Gasteiger partial charge on any atom is 0.329 e. The molecule has 2 aliphatic heterocycles. The van der Waals surface area contributed by atoms with Crippen molar-refractivity contribution in [2.45, 2.75) is 12.5 Å². The maximum absolute atomic E-state index is 13.6. The predicted octanol–water partition coefficient (Wildman–Crippen LogP) is 3.31. The molecular weight excluding hydrogens is 359 g/mol. The number of halogens is 1. The Morgan fingerprint density at radius 1 is 1.21 bits per heavy atom. The van der Waals surface area contributed by atoms with Gasteiger partial charge in [-0.25, -0.2) is 19.2 Å². The molecule has 7 nitrogen and oxygen atoms in total. The first-order valence-corrected chi connectivity index (χ1v) is 9.07. The minimum atomic E-state index is -0.425. The second-order valence-electron chi connectivity index (χ2n) is 6.83. The van der Waals surface area contributed by atoms with Crippen LogP contribution in [0.25, 0.3) is 11.3 Å². The zero-order valence-corrected chi connectivity index (χ0v) is 14.9. The molecule has 0 aromatic carbocycles. The second kappa shape index (κ2) is 6.56. The minimum Gasteiger partial charge on any atom is -0.366 e. The fraction of sp³-hybridized carbons (Fsp3) is 0.200. The Balaban J connectivity index is 1.54. The maximum atomic E-state index is 13.6. The second-order valence-corrected chi connectivity index (χ2v) is 6.83. The van der Waals surface area contributed by atoms with Gasteiger partial charge < -0.3 is 4.90 Å². The number of anilines is 3. The van der Waals surface area contributed by atoms with Gasteiger partial charge >= 0.3 is 6.03 Å². The van der Waals surface area contributed by atoms with Crippen molar-refractivity contribution in [1.82, 2.24) is 15.0 Å². The van der Waals surface area contributed by atoms with Gasteiger partial charge in [0.15, 0.2) is 5.82 Å².